The molecule has 11 heteroatoms. The van der Waals surface area contributed by atoms with Gasteiger partial charge < -0.3 is 18.9 Å². The number of rotatable bonds is 12. The summed E-state index contributed by atoms with van der Waals surface area (Å²) < 4.78 is 38.7. The molecule has 0 aromatic heterocycles. The number of para-hydroxylation sites is 2. The second-order valence-electron chi connectivity index (χ2n) is 16.3. The Hall–Kier alpha value is -5.85. The Morgan fingerprint density at radius 3 is 1.26 bits per heavy atom. The normalized spacial score (nSPS) is 14.7. The Kier molecular flexibility index (Phi) is 16.2. The number of hydrogen-bond acceptors (Lipinski definition) is 8. The fourth-order valence-electron chi connectivity index (χ4n) is 8.34. The topological polar surface area (TPSA) is 140 Å². The summed E-state index contributed by atoms with van der Waals surface area (Å²) >= 11 is 0. The standard InChI is InChI=1S/2C25H30N3.H2O4S/c2*1-6-28(17-9-16-26)21-14-12-20(19(2)18-21)13-15-24-25(3,4)22-10-7-8-11-23(22)27(24)5;1-5(2,3)4/h2*7-8,10-15,18H,6,9,17H2,1-5H3;(H2,1,2,3,4)/q2*+1;/p-2. The van der Waals surface area contributed by atoms with Gasteiger partial charge in [-0.1, -0.05) is 48.5 Å². The third kappa shape index (κ3) is 11.7. The molecule has 0 N–H and O–H groups in total. The van der Waals surface area contributed by atoms with Crippen molar-refractivity contribution in [2.45, 2.75) is 79.1 Å². The predicted molar refractivity (Wildman–Crippen MR) is 248 cm³/mol. The number of benzene rings is 4. The van der Waals surface area contributed by atoms with Crippen molar-refractivity contribution in [3.05, 3.63) is 130 Å². The fourth-order valence-corrected chi connectivity index (χ4v) is 8.34. The van der Waals surface area contributed by atoms with Crippen molar-refractivity contribution in [2.75, 3.05) is 50.1 Å². The summed E-state index contributed by atoms with van der Waals surface area (Å²) in [5, 5.41) is 17.7. The summed E-state index contributed by atoms with van der Waals surface area (Å²) in [6, 6.07) is 34.9. The van der Waals surface area contributed by atoms with Crippen molar-refractivity contribution >= 4 is 56.7 Å². The smallest absolute Gasteiger partial charge is 0.209 e. The highest BCUT2D eigenvalue weighted by molar-refractivity contribution is 7.79. The van der Waals surface area contributed by atoms with Crippen molar-refractivity contribution in [2.24, 2.45) is 0 Å². The van der Waals surface area contributed by atoms with Gasteiger partial charge in [-0.3, -0.25) is 8.42 Å². The zero-order chi connectivity index (χ0) is 45.1. The van der Waals surface area contributed by atoms with Crippen LogP contribution in [0.15, 0.2) is 97.1 Å². The SMILES string of the molecule is CCN(CCC#N)c1ccc(/C=C/C2=[N+](C)c3ccccc3C2(C)C)c(C)c1.CCN(CCC#N)c1ccc(/C=C/C2=[N+](C)c3ccccc3C2(C)C)c(C)c1.O=S(=O)([O-])[O-]. The average molecular weight is 841 g/mol. The zero-order valence-corrected chi connectivity index (χ0v) is 38.2. The van der Waals surface area contributed by atoms with Crippen molar-refractivity contribution in [1.82, 2.24) is 0 Å². The van der Waals surface area contributed by atoms with Gasteiger partial charge >= 0.3 is 0 Å². The molecule has 61 heavy (non-hydrogen) atoms. The lowest BCUT2D eigenvalue weighted by molar-refractivity contribution is -0.401. The van der Waals surface area contributed by atoms with Gasteiger partial charge in [0.2, 0.25) is 11.4 Å². The molecule has 0 spiro atoms. The lowest BCUT2D eigenvalue weighted by Gasteiger charge is -2.22. The highest BCUT2D eigenvalue weighted by Gasteiger charge is 2.43. The van der Waals surface area contributed by atoms with E-state index < -0.39 is 10.4 Å². The predicted octanol–water partition coefficient (Wildman–Crippen LogP) is 9.57. The van der Waals surface area contributed by atoms with E-state index in [0.717, 1.165) is 26.2 Å². The Morgan fingerprint density at radius 2 is 0.967 bits per heavy atom. The van der Waals surface area contributed by atoms with E-state index in [2.05, 4.69) is 210 Å². The maximum atomic E-state index is 8.87. The molecule has 2 aliphatic heterocycles. The van der Waals surface area contributed by atoms with E-state index in [4.69, 9.17) is 28.0 Å². The largest absolute Gasteiger partial charge is 0.759 e. The van der Waals surface area contributed by atoms with Gasteiger partial charge in [0.1, 0.15) is 14.1 Å². The highest BCUT2D eigenvalue weighted by atomic mass is 32.3. The van der Waals surface area contributed by atoms with Gasteiger partial charge in [-0.05, 0) is 114 Å². The Bertz CT molecular complexity index is 2370. The van der Waals surface area contributed by atoms with Crippen LogP contribution in [0.2, 0.25) is 0 Å². The average Bonchev–Trinajstić information content (AvgIpc) is 3.53. The van der Waals surface area contributed by atoms with Gasteiger partial charge in [0.15, 0.2) is 11.4 Å². The number of anilines is 2. The van der Waals surface area contributed by atoms with E-state index in [1.807, 2.05) is 0 Å². The molecule has 0 aliphatic carbocycles. The van der Waals surface area contributed by atoms with Gasteiger partial charge in [0, 0.05) is 83.4 Å². The zero-order valence-electron chi connectivity index (χ0n) is 37.4. The number of allylic oxidation sites excluding steroid dienone is 2. The minimum atomic E-state index is -5.17. The highest BCUT2D eigenvalue weighted by Crippen LogP contribution is 2.40. The lowest BCUT2D eigenvalue weighted by Crippen LogP contribution is -2.26. The monoisotopic (exact) mass is 840 g/mol. The lowest BCUT2D eigenvalue weighted by atomic mass is 9.81. The molecule has 4 aromatic carbocycles. The van der Waals surface area contributed by atoms with E-state index in [-0.39, 0.29) is 10.8 Å². The number of nitrogens with zero attached hydrogens (tertiary/aromatic N) is 6. The Morgan fingerprint density at radius 1 is 0.623 bits per heavy atom. The molecule has 320 valence electrons. The van der Waals surface area contributed by atoms with E-state index in [0.29, 0.717) is 12.8 Å². The van der Waals surface area contributed by atoms with Crippen LogP contribution in [0.25, 0.3) is 12.2 Å². The number of hydrogen-bond donors (Lipinski definition) is 0. The maximum Gasteiger partial charge on any atom is 0.209 e. The number of aryl methyl sites for hydroxylation is 2. The van der Waals surface area contributed by atoms with Gasteiger partial charge in [-0.2, -0.15) is 19.7 Å². The first kappa shape index (κ1) is 47.8. The minimum absolute atomic E-state index is 0.00794. The van der Waals surface area contributed by atoms with E-state index >= 15 is 0 Å². The molecule has 0 atom stereocenters. The van der Waals surface area contributed by atoms with Crippen LogP contribution in [0.5, 0.6) is 0 Å². The van der Waals surface area contributed by atoms with Crippen LogP contribution in [0.3, 0.4) is 0 Å². The summed E-state index contributed by atoms with van der Waals surface area (Å²) in [5.41, 5.74) is 15.3. The van der Waals surface area contributed by atoms with Crippen LogP contribution in [-0.4, -0.2) is 78.4 Å². The summed E-state index contributed by atoms with van der Waals surface area (Å²) in [4.78, 5) is 4.51. The summed E-state index contributed by atoms with van der Waals surface area (Å²) in [7, 11) is -0.866. The third-order valence-corrected chi connectivity index (χ3v) is 11.7. The van der Waals surface area contributed by atoms with Crippen LogP contribution < -0.4 is 9.80 Å². The van der Waals surface area contributed by atoms with E-state index in [9.17, 15) is 0 Å². The molecular weight excluding hydrogens is 781 g/mol. The van der Waals surface area contributed by atoms with Crippen molar-refractivity contribution < 1.29 is 26.7 Å². The first-order chi connectivity index (χ1) is 28.8. The molecule has 0 amide bonds. The molecule has 0 bridgehead atoms. The molecule has 10 nitrogen and oxygen atoms in total. The molecule has 0 saturated heterocycles. The first-order valence-electron chi connectivity index (χ1n) is 20.7. The first-order valence-corrected chi connectivity index (χ1v) is 22.0. The van der Waals surface area contributed by atoms with Gasteiger partial charge in [-0.25, -0.2) is 0 Å². The van der Waals surface area contributed by atoms with Crippen LogP contribution in [-0.2, 0) is 21.2 Å². The summed E-state index contributed by atoms with van der Waals surface area (Å²) in [6.45, 7) is 21.1. The molecular formula is C50H60N6O4S. The molecule has 2 heterocycles. The third-order valence-electron chi connectivity index (χ3n) is 11.7. The quantitative estimate of drug-likeness (QED) is 0.0781. The fraction of sp³-hybridized carbons (Fsp3) is 0.360. The molecule has 0 fully saturated rings. The maximum absolute atomic E-state index is 8.87. The van der Waals surface area contributed by atoms with Gasteiger partial charge in [-0.15, -0.1) is 0 Å². The number of nitriles is 2. The number of fused-ring (bicyclic) bond motifs is 2. The minimum Gasteiger partial charge on any atom is -0.759 e. The van der Waals surface area contributed by atoms with Crippen LogP contribution in [0.1, 0.15) is 87.8 Å². The molecule has 6 rings (SSSR count). The second kappa shape index (κ2) is 20.6. The molecule has 0 saturated carbocycles. The molecule has 0 radical (unpaired) electrons. The van der Waals surface area contributed by atoms with Crippen molar-refractivity contribution in [3.8, 4) is 12.1 Å². The van der Waals surface area contributed by atoms with Crippen molar-refractivity contribution in [3.63, 3.8) is 0 Å². The van der Waals surface area contributed by atoms with Crippen molar-refractivity contribution in [1.29, 1.82) is 10.5 Å². The van der Waals surface area contributed by atoms with Gasteiger partial charge in [0.25, 0.3) is 0 Å². The summed E-state index contributed by atoms with van der Waals surface area (Å²) in [6.07, 6.45) is 10.1. The van der Waals surface area contributed by atoms with E-state index in [1.165, 1.54) is 67.6 Å². The molecule has 4 aromatic rings. The second-order valence-corrected chi connectivity index (χ2v) is 17.1. The Balaban J connectivity index is 0.000000242. The molecule has 2 aliphatic rings. The van der Waals surface area contributed by atoms with E-state index in [1.54, 1.807) is 0 Å². The molecule has 0 unspecified atom stereocenters. The van der Waals surface area contributed by atoms with Gasteiger partial charge in [0.05, 0.1) is 35.8 Å². The van der Waals surface area contributed by atoms with Crippen LogP contribution in [0, 0.1) is 36.5 Å². The van der Waals surface area contributed by atoms with Crippen LogP contribution >= 0.6 is 0 Å². The Labute approximate surface area is 364 Å². The van der Waals surface area contributed by atoms with Crippen LogP contribution in [0.4, 0.5) is 22.7 Å². The summed E-state index contributed by atoms with van der Waals surface area (Å²) in [5.74, 6) is 0.